The standard InChI is InChI=1S/C12H17N3O4S/c1-20(18,19)11-4-2-3-10(12(11)15(16)17)14-8-9-5-6-13-7-9/h2-4,9,13-14H,5-8H2,1H3. The summed E-state index contributed by atoms with van der Waals surface area (Å²) >= 11 is 0. The minimum Gasteiger partial charge on any atom is -0.379 e. The zero-order valence-electron chi connectivity index (χ0n) is 11.1. The zero-order valence-corrected chi connectivity index (χ0v) is 11.9. The van der Waals surface area contributed by atoms with E-state index in [1.165, 1.54) is 18.2 Å². The molecule has 0 amide bonds. The number of nitro benzene ring substituents is 1. The van der Waals surface area contributed by atoms with Gasteiger partial charge in [-0.05, 0) is 37.6 Å². The Labute approximate surface area is 117 Å². The Morgan fingerprint density at radius 3 is 2.80 bits per heavy atom. The van der Waals surface area contributed by atoms with Crippen LogP contribution in [0.25, 0.3) is 0 Å². The van der Waals surface area contributed by atoms with Crippen LogP contribution in [-0.2, 0) is 9.84 Å². The number of hydrogen-bond acceptors (Lipinski definition) is 6. The molecule has 0 aromatic heterocycles. The van der Waals surface area contributed by atoms with Crippen molar-refractivity contribution in [3.05, 3.63) is 28.3 Å². The van der Waals surface area contributed by atoms with Crippen molar-refractivity contribution < 1.29 is 13.3 Å². The number of rotatable bonds is 5. The highest BCUT2D eigenvalue weighted by Gasteiger charge is 2.26. The van der Waals surface area contributed by atoms with E-state index in [2.05, 4.69) is 10.6 Å². The third-order valence-electron chi connectivity index (χ3n) is 3.32. The van der Waals surface area contributed by atoms with Crippen LogP contribution in [0.5, 0.6) is 0 Å². The van der Waals surface area contributed by atoms with Gasteiger partial charge in [-0.15, -0.1) is 0 Å². The van der Waals surface area contributed by atoms with Gasteiger partial charge in [0.25, 0.3) is 0 Å². The molecule has 0 bridgehead atoms. The smallest absolute Gasteiger partial charge is 0.310 e. The van der Waals surface area contributed by atoms with Gasteiger partial charge in [0.2, 0.25) is 0 Å². The van der Waals surface area contributed by atoms with Crippen LogP contribution in [0.3, 0.4) is 0 Å². The first-order valence-corrected chi connectivity index (χ1v) is 8.21. The van der Waals surface area contributed by atoms with E-state index in [-0.39, 0.29) is 16.3 Å². The monoisotopic (exact) mass is 299 g/mol. The molecule has 2 N–H and O–H groups in total. The molecule has 110 valence electrons. The predicted octanol–water partition coefficient (Wildman–Crippen LogP) is 1.02. The second-order valence-corrected chi connectivity index (χ2v) is 6.91. The normalized spacial score (nSPS) is 18.9. The van der Waals surface area contributed by atoms with Crippen LogP contribution in [0.15, 0.2) is 23.1 Å². The Balaban J connectivity index is 2.30. The molecule has 0 aliphatic carbocycles. The van der Waals surface area contributed by atoms with E-state index < -0.39 is 14.8 Å². The van der Waals surface area contributed by atoms with Crippen molar-refractivity contribution in [3.63, 3.8) is 0 Å². The number of benzene rings is 1. The third-order valence-corrected chi connectivity index (χ3v) is 4.45. The lowest BCUT2D eigenvalue weighted by atomic mass is 10.1. The van der Waals surface area contributed by atoms with Crippen LogP contribution < -0.4 is 10.6 Å². The van der Waals surface area contributed by atoms with E-state index in [0.29, 0.717) is 12.5 Å². The highest BCUT2D eigenvalue weighted by atomic mass is 32.2. The Bertz CT molecular complexity index is 609. The van der Waals surface area contributed by atoms with E-state index in [9.17, 15) is 18.5 Å². The number of sulfone groups is 1. The second kappa shape index (κ2) is 5.76. The summed E-state index contributed by atoms with van der Waals surface area (Å²) in [5.74, 6) is 0.400. The molecule has 1 aliphatic rings. The van der Waals surface area contributed by atoms with Crippen molar-refractivity contribution in [2.24, 2.45) is 5.92 Å². The van der Waals surface area contributed by atoms with Gasteiger partial charge in [0.15, 0.2) is 9.84 Å². The number of anilines is 1. The Morgan fingerprint density at radius 1 is 1.50 bits per heavy atom. The fourth-order valence-electron chi connectivity index (χ4n) is 2.30. The van der Waals surface area contributed by atoms with Crippen LogP contribution in [0.1, 0.15) is 6.42 Å². The van der Waals surface area contributed by atoms with E-state index >= 15 is 0 Å². The van der Waals surface area contributed by atoms with Crippen LogP contribution in [-0.4, -0.2) is 39.2 Å². The maximum atomic E-state index is 11.6. The van der Waals surface area contributed by atoms with E-state index in [1.54, 1.807) is 0 Å². The first-order valence-electron chi connectivity index (χ1n) is 6.31. The summed E-state index contributed by atoms with van der Waals surface area (Å²) in [5.41, 5.74) is -0.120. The van der Waals surface area contributed by atoms with Crippen molar-refractivity contribution in [2.75, 3.05) is 31.2 Å². The molecular formula is C12H17N3O4S. The molecule has 0 radical (unpaired) electrons. The zero-order chi connectivity index (χ0) is 14.8. The molecule has 2 rings (SSSR count). The van der Waals surface area contributed by atoms with Gasteiger partial charge in [-0.3, -0.25) is 10.1 Å². The molecule has 1 atom stereocenters. The average molecular weight is 299 g/mol. The molecule has 1 unspecified atom stereocenters. The van der Waals surface area contributed by atoms with Crippen molar-refractivity contribution >= 4 is 21.2 Å². The quantitative estimate of drug-likeness (QED) is 0.622. The summed E-state index contributed by atoms with van der Waals surface area (Å²) in [6, 6.07) is 4.31. The largest absolute Gasteiger partial charge is 0.379 e. The summed E-state index contributed by atoms with van der Waals surface area (Å²) in [6.45, 7) is 2.39. The van der Waals surface area contributed by atoms with Crippen molar-refractivity contribution in [2.45, 2.75) is 11.3 Å². The van der Waals surface area contributed by atoms with Crippen LogP contribution in [0, 0.1) is 16.0 Å². The van der Waals surface area contributed by atoms with Crippen LogP contribution in [0.2, 0.25) is 0 Å². The number of hydrogen-bond donors (Lipinski definition) is 2. The predicted molar refractivity (Wildman–Crippen MR) is 75.7 cm³/mol. The minimum atomic E-state index is -3.63. The van der Waals surface area contributed by atoms with Gasteiger partial charge >= 0.3 is 5.69 Å². The summed E-state index contributed by atoms with van der Waals surface area (Å²) in [5, 5.41) is 17.4. The van der Waals surface area contributed by atoms with Crippen LogP contribution >= 0.6 is 0 Å². The molecule has 1 aliphatic heterocycles. The van der Waals surface area contributed by atoms with E-state index in [1.807, 2.05) is 0 Å². The number of nitrogens with zero attached hydrogens (tertiary/aromatic N) is 1. The number of para-hydroxylation sites is 1. The highest BCUT2D eigenvalue weighted by Crippen LogP contribution is 2.32. The molecule has 7 nitrogen and oxygen atoms in total. The molecule has 8 heteroatoms. The van der Waals surface area contributed by atoms with Crippen molar-refractivity contribution in [1.29, 1.82) is 0 Å². The summed E-state index contributed by atoms with van der Waals surface area (Å²) in [4.78, 5) is 10.3. The molecule has 0 saturated carbocycles. The van der Waals surface area contributed by atoms with Crippen molar-refractivity contribution in [3.8, 4) is 0 Å². The summed E-state index contributed by atoms with van der Waals surface area (Å²) in [7, 11) is -3.63. The molecule has 0 spiro atoms. The summed E-state index contributed by atoms with van der Waals surface area (Å²) in [6.07, 6.45) is 1.98. The minimum absolute atomic E-state index is 0.253. The maximum Gasteiger partial charge on any atom is 0.310 e. The highest BCUT2D eigenvalue weighted by molar-refractivity contribution is 7.90. The molecule has 1 aromatic rings. The van der Waals surface area contributed by atoms with Gasteiger partial charge in [0.05, 0.1) is 4.92 Å². The molecule has 20 heavy (non-hydrogen) atoms. The maximum absolute atomic E-state index is 11.6. The van der Waals surface area contributed by atoms with Gasteiger partial charge < -0.3 is 10.6 Å². The molecule has 1 fully saturated rings. The average Bonchev–Trinajstić information content (AvgIpc) is 2.87. The number of nitro groups is 1. The van der Waals surface area contributed by atoms with Gasteiger partial charge in [0, 0.05) is 12.8 Å². The molecular weight excluding hydrogens is 282 g/mol. The third kappa shape index (κ3) is 3.26. The second-order valence-electron chi connectivity index (χ2n) is 4.92. The number of nitrogens with one attached hydrogen (secondary N) is 2. The van der Waals surface area contributed by atoms with Gasteiger partial charge in [-0.25, -0.2) is 8.42 Å². The van der Waals surface area contributed by atoms with Crippen molar-refractivity contribution in [1.82, 2.24) is 5.32 Å². The first-order chi connectivity index (χ1) is 9.39. The lowest BCUT2D eigenvalue weighted by Gasteiger charge is -2.12. The Hall–Kier alpha value is -1.67. The molecule has 1 heterocycles. The van der Waals surface area contributed by atoms with Crippen LogP contribution in [0.4, 0.5) is 11.4 Å². The summed E-state index contributed by atoms with van der Waals surface area (Å²) < 4.78 is 23.3. The fourth-order valence-corrected chi connectivity index (χ4v) is 3.16. The topological polar surface area (TPSA) is 101 Å². The van der Waals surface area contributed by atoms with Gasteiger partial charge in [-0.1, -0.05) is 6.07 Å². The Kier molecular flexibility index (Phi) is 4.24. The van der Waals surface area contributed by atoms with E-state index in [0.717, 1.165) is 25.8 Å². The molecule has 1 aromatic carbocycles. The Morgan fingerprint density at radius 2 is 2.25 bits per heavy atom. The molecule has 1 saturated heterocycles. The lowest BCUT2D eigenvalue weighted by molar-refractivity contribution is -0.386. The van der Waals surface area contributed by atoms with Gasteiger partial charge in [-0.2, -0.15) is 0 Å². The van der Waals surface area contributed by atoms with E-state index in [4.69, 9.17) is 0 Å². The lowest BCUT2D eigenvalue weighted by Crippen LogP contribution is -2.18. The van der Waals surface area contributed by atoms with Gasteiger partial charge in [0.1, 0.15) is 10.6 Å². The first kappa shape index (κ1) is 14.7. The fraction of sp³-hybridized carbons (Fsp3) is 0.500. The SMILES string of the molecule is CS(=O)(=O)c1cccc(NCC2CCNC2)c1[N+](=O)[O-].